The average Bonchev–Trinajstić information content (AvgIpc) is 2.37. The standard InChI is InChI=1S/C14H12BrN3/c1-10-4-11(8-17-7-10)9-18-14-3-2-13(15)5-12(14)6-16/h2-5,7-8,18H,9H2,1H3. The zero-order valence-corrected chi connectivity index (χ0v) is 11.5. The number of aryl methyl sites for hydroxylation is 1. The fourth-order valence-electron chi connectivity index (χ4n) is 1.67. The summed E-state index contributed by atoms with van der Waals surface area (Å²) in [4.78, 5) is 4.14. The van der Waals surface area contributed by atoms with Gasteiger partial charge in [-0.1, -0.05) is 22.0 Å². The largest absolute Gasteiger partial charge is 0.380 e. The fourth-order valence-corrected chi connectivity index (χ4v) is 2.04. The van der Waals surface area contributed by atoms with E-state index in [1.54, 1.807) is 6.07 Å². The minimum absolute atomic E-state index is 0.630. The zero-order chi connectivity index (χ0) is 13.0. The van der Waals surface area contributed by atoms with Gasteiger partial charge < -0.3 is 5.32 Å². The van der Waals surface area contributed by atoms with Gasteiger partial charge in [0.15, 0.2) is 0 Å². The molecule has 1 heterocycles. The molecule has 0 radical (unpaired) electrons. The highest BCUT2D eigenvalue weighted by Gasteiger charge is 2.02. The molecule has 0 bridgehead atoms. The van der Waals surface area contributed by atoms with Crippen LogP contribution in [0.25, 0.3) is 0 Å². The molecule has 0 fully saturated rings. The van der Waals surface area contributed by atoms with Gasteiger partial charge in [0, 0.05) is 23.4 Å². The van der Waals surface area contributed by atoms with Crippen LogP contribution in [-0.2, 0) is 6.54 Å². The zero-order valence-electron chi connectivity index (χ0n) is 9.94. The summed E-state index contributed by atoms with van der Waals surface area (Å²) in [6.45, 7) is 2.67. The van der Waals surface area contributed by atoms with Gasteiger partial charge in [0.1, 0.15) is 6.07 Å². The molecule has 18 heavy (non-hydrogen) atoms. The maximum atomic E-state index is 9.06. The smallest absolute Gasteiger partial charge is 0.101 e. The van der Waals surface area contributed by atoms with E-state index in [1.165, 1.54) is 0 Å². The number of nitrogens with zero attached hydrogens (tertiary/aromatic N) is 2. The van der Waals surface area contributed by atoms with Gasteiger partial charge in [0.25, 0.3) is 0 Å². The van der Waals surface area contributed by atoms with E-state index in [1.807, 2.05) is 31.5 Å². The first kappa shape index (κ1) is 12.6. The summed E-state index contributed by atoms with van der Waals surface area (Å²) in [5.41, 5.74) is 3.69. The van der Waals surface area contributed by atoms with Crippen LogP contribution < -0.4 is 5.32 Å². The molecular weight excluding hydrogens is 290 g/mol. The van der Waals surface area contributed by atoms with Gasteiger partial charge in [-0.2, -0.15) is 5.26 Å². The van der Waals surface area contributed by atoms with Gasteiger partial charge in [0.2, 0.25) is 0 Å². The van der Waals surface area contributed by atoms with Crippen molar-refractivity contribution in [3.8, 4) is 6.07 Å². The highest BCUT2D eigenvalue weighted by molar-refractivity contribution is 9.10. The fraction of sp³-hybridized carbons (Fsp3) is 0.143. The Hall–Kier alpha value is -1.86. The average molecular weight is 302 g/mol. The summed E-state index contributed by atoms with van der Waals surface area (Å²) in [5.74, 6) is 0. The maximum absolute atomic E-state index is 9.06. The number of halogens is 1. The first-order valence-corrected chi connectivity index (χ1v) is 6.32. The highest BCUT2D eigenvalue weighted by atomic mass is 79.9. The Balaban J connectivity index is 2.14. The van der Waals surface area contributed by atoms with Crippen LogP contribution in [0.1, 0.15) is 16.7 Å². The molecule has 0 spiro atoms. The summed E-state index contributed by atoms with van der Waals surface area (Å²) < 4.78 is 0.904. The number of nitriles is 1. The van der Waals surface area contributed by atoms with Crippen molar-refractivity contribution in [2.45, 2.75) is 13.5 Å². The van der Waals surface area contributed by atoms with Crippen molar-refractivity contribution in [3.63, 3.8) is 0 Å². The lowest BCUT2D eigenvalue weighted by atomic mass is 10.2. The van der Waals surface area contributed by atoms with Crippen molar-refractivity contribution < 1.29 is 0 Å². The van der Waals surface area contributed by atoms with Crippen LogP contribution in [0.2, 0.25) is 0 Å². The monoisotopic (exact) mass is 301 g/mol. The van der Waals surface area contributed by atoms with Gasteiger partial charge in [-0.3, -0.25) is 4.98 Å². The Kier molecular flexibility index (Phi) is 3.96. The molecule has 2 aromatic rings. The molecular formula is C14H12BrN3. The predicted molar refractivity (Wildman–Crippen MR) is 75.2 cm³/mol. The molecule has 1 aromatic heterocycles. The molecule has 2 rings (SSSR count). The molecule has 4 heteroatoms. The summed E-state index contributed by atoms with van der Waals surface area (Å²) in [6, 6.07) is 9.86. The minimum Gasteiger partial charge on any atom is -0.380 e. The lowest BCUT2D eigenvalue weighted by Gasteiger charge is -2.08. The second kappa shape index (κ2) is 5.65. The van der Waals surface area contributed by atoms with Crippen LogP contribution in [0.5, 0.6) is 0 Å². The summed E-state index contributed by atoms with van der Waals surface area (Å²) in [5, 5.41) is 12.3. The molecule has 0 saturated heterocycles. The summed E-state index contributed by atoms with van der Waals surface area (Å²) >= 11 is 3.35. The van der Waals surface area contributed by atoms with Crippen molar-refractivity contribution in [2.75, 3.05) is 5.32 Å². The van der Waals surface area contributed by atoms with Crippen LogP contribution >= 0.6 is 15.9 Å². The van der Waals surface area contributed by atoms with Gasteiger partial charge in [-0.05, 0) is 36.2 Å². The van der Waals surface area contributed by atoms with E-state index in [-0.39, 0.29) is 0 Å². The van der Waals surface area contributed by atoms with E-state index < -0.39 is 0 Å². The van der Waals surface area contributed by atoms with Crippen LogP contribution in [-0.4, -0.2) is 4.98 Å². The van der Waals surface area contributed by atoms with Crippen LogP contribution in [0.15, 0.2) is 41.1 Å². The number of nitrogens with one attached hydrogen (secondary N) is 1. The number of hydrogen-bond donors (Lipinski definition) is 1. The number of anilines is 1. The molecule has 0 atom stereocenters. The van der Waals surface area contributed by atoms with E-state index in [0.29, 0.717) is 12.1 Å². The molecule has 0 aliphatic rings. The first-order valence-electron chi connectivity index (χ1n) is 5.53. The van der Waals surface area contributed by atoms with Crippen molar-refractivity contribution in [1.82, 2.24) is 4.98 Å². The normalized spacial score (nSPS) is 9.83. The topological polar surface area (TPSA) is 48.7 Å². The third-order valence-corrected chi connectivity index (χ3v) is 3.01. The summed E-state index contributed by atoms with van der Waals surface area (Å²) in [7, 11) is 0. The van der Waals surface area contributed by atoms with E-state index >= 15 is 0 Å². The molecule has 1 N–H and O–H groups in total. The van der Waals surface area contributed by atoms with Crippen LogP contribution in [0, 0.1) is 18.3 Å². The van der Waals surface area contributed by atoms with Gasteiger partial charge >= 0.3 is 0 Å². The predicted octanol–water partition coefficient (Wildman–Crippen LogP) is 3.64. The molecule has 0 aliphatic carbocycles. The minimum atomic E-state index is 0.630. The Morgan fingerprint density at radius 2 is 2.17 bits per heavy atom. The highest BCUT2D eigenvalue weighted by Crippen LogP contribution is 2.20. The lowest BCUT2D eigenvalue weighted by Crippen LogP contribution is -2.02. The molecule has 0 saturated carbocycles. The van der Waals surface area contributed by atoms with Gasteiger partial charge in [-0.25, -0.2) is 0 Å². The molecule has 90 valence electrons. The number of benzene rings is 1. The van der Waals surface area contributed by atoms with Crippen molar-refractivity contribution in [1.29, 1.82) is 5.26 Å². The van der Waals surface area contributed by atoms with E-state index in [2.05, 4.69) is 38.4 Å². The Bertz CT molecular complexity index is 602. The Morgan fingerprint density at radius 1 is 1.33 bits per heavy atom. The number of rotatable bonds is 3. The Labute approximate surface area is 115 Å². The van der Waals surface area contributed by atoms with Crippen molar-refractivity contribution >= 4 is 21.6 Å². The van der Waals surface area contributed by atoms with Crippen molar-refractivity contribution in [2.24, 2.45) is 0 Å². The second-order valence-corrected chi connectivity index (χ2v) is 4.94. The van der Waals surface area contributed by atoms with E-state index in [4.69, 9.17) is 5.26 Å². The molecule has 0 amide bonds. The maximum Gasteiger partial charge on any atom is 0.101 e. The third-order valence-electron chi connectivity index (χ3n) is 2.52. The Morgan fingerprint density at radius 3 is 2.89 bits per heavy atom. The lowest BCUT2D eigenvalue weighted by molar-refractivity contribution is 1.09. The van der Waals surface area contributed by atoms with Crippen LogP contribution in [0.3, 0.4) is 0 Å². The molecule has 0 aliphatic heterocycles. The van der Waals surface area contributed by atoms with Crippen molar-refractivity contribution in [3.05, 3.63) is 57.8 Å². The van der Waals surface area contributed by atoms with E-state index in [9.17, 15) is 0 Å². The van der Waals surface area contributed by atoms with Crippen LogP contribution in [0.4, 0.5) is 5.69 Å². The summed E-state index contributed by atoms with van der Waals surface area (Å²) in [6.07, 6.45) is 3.65. The first-order chi connectivity index (χ1) is 8.69. The van der Waals surface area contributed by atoms with Gasteiger partial charge in [0.05, 0.1) is 11.3 Å². The van der Waals surface area contributed by atoms with E-state index in [0.717, 1.165) is 21.3 Å². The quantitative estimate of drug-likeness (QED) is 0.941. The molecule has 3 nitrogen and oxygen atoms in total. The number of pyridine rings is 1. The van der Waals surface area contributed by atoms with Gasteiger partial charge in [-0.15, -0.1) is 0 Å². The molecule has 0 unspecified atom stereocenters. The number of hydrogen-bond acceptors (Lipinski definition) is 3. The SMILES string of the molecule is Cc1cncc(CNc2ccc(Br)cc2C#N)c1. The molecule has 1 aromatic carbocycles. The number of aromatic nitrogens is 1. The second-order valence-electron chi connectivity index (χ2n) is 4.03. The third kappa shape index (κ3) is 3.08.